The lowest BCUT2D eigenvalue weighted by atomic mass is 9.88. The van der Waals surface area contributed by atoms with Gasteiger partial charge in [-0.3, -0.25) is 9.59 Å². The van der Waals surface area contributed by atoms with E-state index in [9.17, 15) is 9.59 Å². The van der Waals surface area contributed by atoms with Crippen LogP contribution in [0.15, 0.2) is 65.1 Å². The Balaban J connectivity index is 1.45. The van der Waals surface area contributed by atoms with Crippen LogP contribution < -0.4 is 16.4 Å². The van der Waals surface area contributed by atoms with Gasteiger partial charge in [-0.15, -0.1) is 0 Å². The zero-order valence-corrected chi connectivity index (χ0v) is 22.1. The van der Waals surface area contributed by atoms with E-state index in [1.807, 2.05) is 42.5 Å². The number of nitrogen functional groups attached to an aromatic ring is 1. The summed E-state index contributed by atoms with van der Waals surface area (Å²) in [6.45, 7) is 3.45. The van der Waals surface area contributed by atoms with E-state index in [0.29, 0.717) is 47.3 Å². The molecule has 0 fully saturated rings. The van der Waals surface area contributed by atoms with E-state index in [1.165, 1.54) is 0 Å². The first-order valence-electron chi connectivity index (χ1n) is 13.6. The number of benzene rings is 3. The molecule has 4 rings (SSSR count). The number of Topliss-reactive ketones (excluding diaryl/α,β-unsaturated/α-hetero) is 2. The number of carbonyl (C=O) groups is 2. The van der Waals surface area contributed by atoms with Crippen molar-refractivity contribution in [1.29, 1.82) is 5.41 Å². The number of nitrogens with two attached hydrogens (primary N) is 1. The van der Waals surface area contributed by atoms with Gasteiger partial charge in [0.1, 0.15) is 17.1 Å². The molecule has 4 N–H and O–H groups in total. The Kier molecular flexibility index (Phi) is 9.44. The number of nitrogens with one attached hydrogen (secondary N) is 2. The SMILES string of the molecule is CCCNCC(=O)CCCCCCCC(=O)c1ccccc1-c1c2ccc(=N)cc-2oc2cc(N)ccc12. The van der Waals surface area contributed by atoms with Crippen LogP contribution in [0.25, 0.3) is 33.4 Å². The van der Waals surface area contributed by atoms with Gasteiger partial charge in [-0.1, -0.05) is 50.5 Å². The molecule has 2 aromatic rings. The Bertz CT molecular complexity index is 1440. The van der Waals surface area contributed by atoms with Crippen LogP contribution in [0.4, 0.5) is 5.69 Å². The molecule has 2 aliphatic rings. The monoisotopic (exact) mass is 511 g/mol. The second-order valence-corrected chi connectivity index (χ2v) is 9.90. The first kappa shape index (κ1) is 27.3. The highest BCUT2D eigenvalue weighted by molar-refractivity contribution is 6.09. The normalized spacial score (nSPS) is 11.3. The van der Waals surface area contributed by atoms with Crippen molar-refractivity contribution < 1.29 is 14.0 Å². The first-order chi connectivity index (χ1) is 18.5. The van der Waals surface area contributed by atoms with Gasteiger partial charge in [0.05, 0.1) is 11.9 Å². The summed E-state index contributed by atoms with van der Waals surface area (Å²) >= 11 is 0. The molecule has 6 heteroatoms. The Labute approximate surface area is 224 Å². The summed E-state index contributed by atoms with van der Waals surface area (Å²) < 4.78 is 6.11. The molecular weight excluding hydrogens is 474 g/mol. The van der Waals surface area contributed by atoms with Crippen molar-refractivity contribution in [3.8, 4) is 22.5 Å². The van der Waals surface area contributed by atoms with Crippen LogP contribution in [0, 0.1) is 5.41 Å². The summed E-state index contributed by atoms with van der Waals surface area (Å²) in [5, 5.41) is 12.4. The third kappa shape index (κ3) is 6.75. The van der Waals surface area contributed by atoms with Crippen LogP contribution in [0.3, 0.4) is 0 Å². The molecule has 0 radical (unpaired) electrons. The van der Waals surface area contributed by atoms with Crippen molar-refractivity contribution >= 4 is 28.2 Å². The average Bonchev–Trinajstić information content (AvgIpc) is 2.91. The van der Waals surface area contributed by atoms with E-state index in [4.69, 9.17) is 15.6 Å². The Morgan fingerprint density at radius 1 is 0.895 bits per heavy atom. The predicted molar refractivity (Wildman–Crippen MR) is 153 cm³/mol. The molecule has 0 bridgehead atoms. The van der Waals surface area contributed by atoms with Gasteiger partial charge in [0, 0.05) is 52.7 Å². The summed E-state index contributed by atoms with van der Waals surface area (Å²) in [5.41, 5.74) is 10.6. The van der Waals surface area contributed by atoms with Gasteiger partial charge < -0.3 is 20.9 Å². The Morgan fingerprint density at radius 3 is 2.47 bits per heavy atom. The number of carbonyl (C=O) groups excluding carboxylic acids is 2. The number of unbranched alkanes of at least 4 members (excludes halogenated alkanes) is 4. The number of rotatable bonds is 14. The van der Waals surface area contributed by atoms with Gasteiger partial charge in [0.25, 0.3) is 0 Å². The van der Waals surface area contributed by atoms with Crippen molar-refractivity contribution in [2.24, 2.45) is 0 Å². The van der Waals surface area contributed by atoms with Crippen molar-refractivity contribution in [2.75, 3.05) is 18.8 Å². The molecule has 2 aromatic carbocycles. The molecule has 1 aliphatic carbocycles. The number of fused-ring (bicyclic) bond motifs is 2. The number of ketones is 2. The van der Waals surface area contributed by atoms with Gasteiger partial charge in [-0.25, -0.2) is 0 Å². The Hall–Kier alpha value is -3.77. The zero-order chi connectivity index (χ0) is 26.9. The third-order valence-corrected chi connectivity index (χ3v) is 6.85. The van der Waals surface area contributed by atoms with Gasteiger partial charge in [-0.2, -0.15) is 0 Å². The number of hydrogen-bond donors (Lipinski definition) is 3. The fourth-order valence-corrected chi connectivity index (χ4v) is 4.91. The summed E-state index contributed by atoms with van der Waals surface area (Å²) in [4.78, 5) is 25.3. The fraction of sp³-hybridized carbons (Fsp3) is 0.344. The maximum absolute atomic E-state index is 13.4. The highest BCUT2D eigenvalue weighted by Crippen LogP contribution is 2.41. The molecule has 1 heterocycles. The van der Waals surface area contributed by atoms with E-state index in [0.717, 1.165) is 67.1 Å². The van der Waals surface area contributed by atoms with Crippen molar-refractivity contribution in [3.05, 3.63) is 71.6 Å². The average molecular weight is 512 g/mol. The molecule has 0 unspecified atom stereocenters. The van der Waals surface area contributed by atoms with Crippen LogP contribution >= 0.6 is 0 Å². The second-order valence-electron chi connectivity index (χ2n) is 9.90. The van der Waals surface area contributed by atoms with E-state index in [-0.39, 0.29) is 11.6 Å². The van der Waals surface area contributed by atoms with Crippen LogP contribution in [0.2, 0.25) is 0 Å². The summed E-state index contributed by atoms with van der Waals surface area (Å²) in [6, 6.07) is 18.6. The summed E-state index contributed by atoms with van der Waals surface area (Å²) in [7, 11) is 0. The molecule has 0 atom stereocenters. The maximum atomic E-state index is 13.4. The van der Waals surface area contributed by atoms with Gasteiger partial charge in [-0.05, 0) is 55.6 Å². The minimum absolute atomic E-state index is 0.118. The van der Waals surface area contributed by atoms with Gasteiger partial charge in [0.15, 0.2) is 5.78 Å². The quantitative estimate of drug-likeness (QED) is 0.0751. The predicted octanol–water partition coefficient (Wildman–Crippen LogP) is 6.75. The lowest BCUT2D eigenvalue weighted by Gasteiger charge is -2.17. The van der Waals surface area contributed by atoms with E-state index in [2.05, 4.69) is 12.2 Å². The highest BCUT2D eigenvalue weighted by Gasteiger charge is 2.21. The lowest BCUT2D eigenvalue weighted by Crippen LogP contribution is -2.23. The third-order valence-electron chi connectivity index (χ3n) is 6.85. The van der Waals surface area contributed by atoms with E-state index < -0.39 is 0 Å². The molecule has 198 valence electrons. The van der Waals surface area contributed by atoms with Gasteiger partial charge in [0.2, 0.25) is 0 Å². The number of anilines is 1. The molecule has 1 aliphatic heterocycles. The second kappa shape index (κ2) is 13.2. The lowest BCUT2D eigenvalue weighted by molar-refractivity contribution is -0.118. The van der Waals surface area contributed by atoms with E-state index in [1.54, 1.807) is 18.2 Å². The van der Waals surface area contributed by atoms with Crippen LogP contribution in [0.1, 0.15) is 68.6 Å². The standard InChI is InChI=1S/C32H37N3O3/c1-2-18-35-21-24(36)10-6-4-3-5-7-13-29(37)25-11-8-9-12-26(25)32-27-16-14-22(33)19-30(27)38-31-20-23(34)15-17-28(31)32/h8-9,11-12,14-17,19-20,33,35H,2-7,10,13,18,21,34H2,1H3. The molecular formula is C32H37N3O3. The maximum Gasteiger partial charge on any atom is 0.163 e. The summed E-state index contributed by atoms with van der Waals surface area (Å²) in [5.74, 6) is 0.987. The molecule has 0 spiro atoms. The minimum atomic E-state index is 0.118. The highest BCUT2D eigenvalue weighted by atomic mass is 16.3. The van der Waals surface area contributed by atoms with Crippen LogP contribution in [-0.4, -0.2) is 24.7 Å². The fourth-order valence-electron chi connectivity index (χ4n) is 4.91. The van der Waals surface area contributed by atoms with Crippen molar-refractivity contribution in [2.45, 2.75) is 58.3 Å². The van der Waals surface area contributed by atoms with Crippen LogP contribution in [0.5, 0.6) is 0 Å². The minimum Gasteiger partial charge on any atom is -0.456 e. The molecule has 0 saturated carbocycles. The number of hydrogen-bond acceptors (Lipinski definition) is 6. The Morgan fingerprint density at radius 2 is 1.66 bits per heavy atom. The van der Waals surface area contributed by atoms with Crippen LogP contribution in [-0.2, 0) is 4.79 Å². The van der Waals surface area contributed by atoms with Crippen molar-refractivity contribution in [1.82, 2.24) is 5.32 Å². The smallest absolute Gasteiger partial charge is 0.163 e. The summed E-state index contributed by atoms with van der Waals surface area (Å²) in [6.07, 6.45) is 6.88. The molecule has 0 aromatic heterocycles. The van der Waals surface area contributed by atoms with Crippen molar-refractivity contribution in [3.63, 3.8) is 0 Å². The largest absolute Gasteiger partial charge is 0.456 e. The zero-order valence-electron chi connectivity index (χ0n) is 22.1. The molecule has 38 heavy (non-hydrogen) atoms. The first-order valence-corrected chi connectivity index (χ1v) is 13.6. The van der Waals surface area contributed by atoms with Gasteiger partial charge >= 0.3 is 0 Å². The van der Waals surface area contributed by atoms with E-state index >= 15 is 0 Å². The molecule has 0 saturated heterocycles. The molecule has 0 amide bonds. The topological polar surface area (TPSA) is 109 Å². The molecule has 6 nitrogen and oxygen atoms in total.